The molecule has 4 heteroatoms. The van der Waals surface area contributed by atoms with Gasteiger partial charge in [-0.3, -0.25) is 0 Å². The Morgan fingerprint density at radius 1 is 1.64 bits per heavy atom. The van der Waals surface area contributed by atoms with Crippen LogP contribution in [0.1, 0.15) is 33.6 Å². The van der Waals surface area contributed by atoms with Gasteiger partial charge in [-0.05, 0) is 33.6 Å². The third-order valence-corrected chi connectivity index (χ3v) is 2.28. The molecule has 2 N–H and O–H groups in total. The van der Waals surface area contributed by atoms with E-state index in [0.717, 1.165) is 6.42 Å². The zero-order valence-corrected chi connectivity index (χ0v) is 9.08. The van der Waals surface area contributed by atoms with Crippen LogP contribution in [0.15, 0.2) is 0 Å². The van der Waals surface area contributed by atoms with Crippen molar-refractivity contribution in [2.24, 2.45) is 5.73 Å². The van der Waals surface area contributed by atoms with Gasteiger partial charge in [0, 0.05) is 6.04 Å². The molecule has 0 amide bonds. The van der Waals surface area contributed by atoms with Gasteiger partial charge in [0.25, 0.3) is 0 Å². The molecule has 1 saturated heterocycles. The molecule has 0 aromatic rings. The van der Waals surface area contributed by atoms with Crippen molar-refractivity contribution in [1.29, 1.82) is 0 Å². The zero-order chi connectivity index (χ0) is 10.8. The lowest BCUT2D eigenvalue weighted by atomic mass is 9.91. The van der Waals surface area contributed by atoms with Crippen LogP contribution in [0.2, 0.25) is 0 Å². The summed E-state index contributed by atoms with van der Waals surface area (Å²) in [6.07, 6.45) is 0.847. The molecule has 1 aliphatic heterocycles. The van der Waals surface area contributed by atoms with Gasteiger partial charge in [0.15, 0.2) is 6.10 Å². The molecule has 0 radical (unpaired) electrons. The molecule has 0 saturated carbocycles. The van der Waals surface area contributed by atoms with Crippen LogP contribution in [-0.2, 0) is 14.3 Å². The highest BCUT2D eigenvalue weighted by Gasteiger charge is 2.37. The van der Waals surface area contributed by atoms with Crippen LogP contribution >= 0.6 is 0 Å². The molecule has 0 aromatic carbocycles. The highest BCUT2D eigenvalue weighted by molar-refractivity contribution is 5.74. The summed E-state index contributed by atoms with van der Waals surface area (Å²) in [5.74, 6) is -0.296. The van der Waals surface area contributed by atoms with Crippen molar-refractivity contribution in [3.05, 3.63) is 0 Å². The molecule has 0 aliphatic carbocycles. The number of hydrogen-bond acceptors (Lipinski definition) is 4. The van der Waals surface area contributed by atoms with E-state index < -0.39 is 6.10 Å². The highest BCUT2D eigenvalue weighted by Crippen LogP contribution is 2.27. The van der Waals surface area contributed by atoms with Crippen LogP contribution in [0.25, 0.3) is 0 Å². The molecule has 1 rings (SSSR count). The van der Waals surface area contributed by atoms with Crippen LogP contribution < -0.4 is 5.73 Å². The SMILES string of the molecule is CCOC(=O)C1CC(N)CC(C)(C)O1. The van der Waals surface area contributed by atoms with E-state index in [2.05, 4.69) is 0 Å². The minimum atomic E-state index is -0.492. The first kappa shape index (κ1) is 11.5. The minimum absolute atomic E-state index is 0.0214. The second-order valence-electron chi connectivity index (χ2n) is 4.32. The fourth-order valence-corrected chi connectivity index (χ4v) is 1.85. The fraction of sp³-hybridized carbons (Fsp3) is 0.900. The zero-order valence-electron chi connectivity index (χ0n) is 9.08. The van der Waals surface area contributed by atoms with E-state index >= 15 is 0 Å². The maximum Gasteiger partial charge on any atom is 0.335 e. The quantitative estimate of drug-likeness (QED) is 0.672. The Labute approximate surface area is 84.7 Å². The minimum Gasteiger partial charge on any atom is -0.464 e. The van der Waals surface area contributed by atoms with Gasteiger partial charge < -0.3 is 15.2 Å². The molecular formula is C10H19NO3. The maximum absolute atomic E-state index is 11.4. The summed E-state index contributed by atoms with van der Waals surface area (Å²) in [5.41, 5.74) is 5.52. The van der Waals surface area contributed by atoms with Gasteiger partial charge in [0.05, 0.1) is 12.2 Å². The highest BCUT2D eigenvalue weighted by atomic mass is 16.6. The predicted octanol–water partition coefficient (Wildman–Crippen LogP) is 0.834. The van der Waals surface area contributed by atoms with Crippen molar-refractivity contribution in [3.8, 4) is 0 Å². The number of esters is 1. The van der Waals surface area contributed by atoms with Crippen LogP contribution in [-0.4, -0.2) is 30.3 Å². The molecule has 2 unspecified atom stereocenters. The Bertz CT molecular complexity index is 215. The molecule has 1 heterocycles. The molecule has 4 nitrogen and oxygen atoms in total. The number of rotatable bonds is 2. The summed E-state index contributed by atoms with van der Waals surface area (Å²) in [5, 5.41) is 0. The van der Waals surface area contributed by atoms with Gasteiger partial charge in [0.2, 0.25) is 0 Å². The van der Waals surface area contributed by atoms with E-state index in [-0.39, 0.29) is 17.6 Å². The summed E-state index contributed by atoms with van der Waals surface area (Å²) < 4.78 is 10.5. The molecule has 2 atom stereocenters. The third-order valence-electron chi connectivity index (χ3n) is 2.28. The molecular weight excluding hydrogens is 182 g/mol. The predicted molar refractivity (Wildman–Crippen MR) is 52.8 cm³/mol. The van der Waals surface area contributed by atoms with E-state index in [1.165, 1.54) is 0 Å². The first-order valence-electron chi connectivity index (χ1n) is 5.04. The number of carbonyl (C=O) groups is 1. The van der Waals surface area contributed by atoms with E-state index in [1.54, 1.807) is 6.92 Å². The van der Waals surface area contributed by atoms with E-state index in [4.69, 9.17) is 15.2 Å². The Balaban J connectivity index is 2.57. The fourth-order valence-electron chi connectivity index (χ4n) is 1.85. The normalized spacial score (nSPS) is 31.1. The van der Waals surface area contributed by atoms with Crippen molar-refractivity contribution in [3.63, 3.8) is 0 Å². The first-order chi connectivity index (χ1) is 6.44. The Hall–Kier alpha value is -0.610. The second kappa shape index (κ2) is 4.28. The van der Waals surface area contributed by atoms with Gasteiger partial charge >= 0.3 is 5.97 Å². The van der Waals surface area contributed by atoms with E-state index in [0.29, 0.717) is 13.0 Å². The number of hydrogen-bond donors (Lipinski definition) is 1. The lowest BCUT2D eigenvalue weighted by Gasteiger charge is -2.37. The Kier molecular flexibility index (Phi) is 3.50. The lowest BCUT2D eigenvalue weighted by molar-refractivity contribution is -0.176. The number of carbonyl (C=O) groups excluding carboxylic acids is 1. The molecule has 14 heavy (non-hydrogen) atoms. The van der Waals surface area contributed by atoms with Gasteiger partial charge in [-0.15, -0.1) is 0 Å². The standard InChI is InChI=1S/C10H19NO3/c1-4-13-9(12)8-5-7(11)6-10(2,3)14-8/h7-8H,4-6,11H2,1-3H3. The summed E-state index contributed by atoms with van der Waals surface area (Å²) in [6, 6.07) is 0.0214. The molecule has 0 aromatic heterocycles. The Morgan fingerprint density at radius 3 is 2.79 bits per heavy atom. The molecule has 0 bridgehead atoms. The van der Waals surface area contributed by atoms with Gasteiger partial charge in [-0.25, -0.2) is 4.79 Å². The molecule has 82 valence electrons. The van der Waals surface area contributed by atoms with E-state index in [1.807, 2.05) is 13.8 Å². The molecule has 0 spiro atoms. The molecule has 1 aliphatic rings. The maximum atomic E-state index is 11.4. The van der Waals surface area contributed by atoms with Crippen molar-refractivity contribution in [2.75, 3.05) is 6.61 Å². The van der Waals surface area contributed by atoms with Gasteiger partial charge in [0.1, 0.15) is 0 Å². The van der Waals surface area contributed by atoms with Crippen molar-refractivity contribution in [2.45, 2.75) is 51.4 Å². The average molecular weight is 201 g/mol. The third kappa shape index (κ3) is 2.96. The smallest absolute Gasteiger partial charge is 0.335 e. The van der Waals surface area contributed by atoms with Crippen LogP contribution in [0.5, 0.6) is 0 Å². The van der Waals surface area contributed by atoms with Crippen LogP contribution in [0.4, 0.5) is 0 Å². The Morgan fingerprint density at radius 2 is 2.29 bits per heavy atom. The summed E-state index contributed by atoms with van der Waals surface area (Å²) in [6.45, 7) is 6.05. The van der Waals surface area contributed by atoms with E-state index in [9.17, 15) is 4.79 Å². The molecule has 1 fully saturated rings. The van der Waals surface area contributed by atoms with Crippen LogP contribution in [0.3, 0.4) is 0 Å². The summed E-state index contributed by atoms with van der Waals surface area (Å²) in [4.78, 5) is 11.4. The number of nitrogens with two attached hydrogens (primary N) is 1. The van der Waals surface area contributed by atoms with Gasteiger partial charge in [-0.1, -0.05) is 0 Å². The monoisotopic (exact) mass is 201 g/mol. The largest absolute Gasteiger partial charge is 0.464 e. The average Bonchev–Trinajstić information content (AvgIpc) is 2.00. The topological polar surface area (TPSA) is 61.5 Å². The van der Waals surface area contributed by atoms with Crippen molar-refractivity contribution >= 4 is 5.97 Å². The first-order valence-corrected chi connectivity index (χ1v) is 5.04. The summed E-state index contributed by atoms with van der Waals surface area (Å²) in [7, 11) is 0. The second-order valence-corrected chi connectivity index (χ2v) is 4.32. The van der Waals surface area contributed by atoms with Crippen molar-refractivity contribution < 1.29 is 14.3 Å². The van der Waals surface area contributed by atoms with Gasteiger partial charge in [-0.2, -0.15) is 0 Å². The number of ether oxygens (including phenoxy) is 2. The lowest BCUT2D eigenvalue weighted by Crippen LogP contribution is -2.48. The van der Waals surface area contributed by atoms with Crippen LogP contribution in [0, 0.1) is 0 Å². The summed E-state index contributed by atoms with van der Waals surface area (Å²) >= 11 is 0. The van der Waals surface area contributed by atoms with Crippen molar-refractivity contribution in [1.82, 2.24) is 0 Å².